The van der Waals surface area contributed by atoms with Gasteiger partial charge in [0.1, 0.15) is 66.2 Å². The van der Waals surface area contributed by atoms with E-state index in [0.29, 0.717) is 65.7 Å². The molecule has 80 heavy (non-hydrogen) atoms. The van der Waals surface area contributed by atoms with Crippen molar-refractivity contribution in [2.45, 2.75) is 187 Å². The van der Waals surface area contributed by atoms with Gasteiger partial charge in [-0.2, -0.15) is 0 Å². The number of ether oxygens (including phenoxy) is 12. The predicted octanol–water partition coefficient (Wildman–Crippen LogP) is 12.2. The summed E-state index contributed by atoms with van der Waals surface area (Å²) < 4.78 is 80.8. The molecule has 3 aromatic rings. The second-order valence-electron chi connectivity index (χ2n) is 25.7. The van der Waals surface area contributed by atoms with Crippen molar-refractivity contribution < 1.29 is 75.7 Å². The zero-order valence-corrected chi connectivity index (χ0v) is 54.7. The molecule has 0 aromatic heterocycles. The monoisotopic (exact) mass is 1170 g/mol. The number of nitrogens with one attached hydrogen (secondary N) is 1. The molecule has 17 nitrogen and oxygen atoms in total. The van der Waals surface area contributed by atoms with E-state index in [1.165, 1.54) is 7.11 Å². The Morgan fingerprint density at radius 1 is 0.762 bits per heavy atom. The Morgan fingerprint density at radius 3 is 1.85 bits per heavy atom. The highest BCUT2D eigenvalue weighted by Gasteiger charge is 2.53. The van der Waals surface area contributed by atoms with E-state index in [-0.39, 0.29) is 37.4 Å². The summed E-state index contributed by atoms with van der Waals surface area (Å²) in [6.07, 6.45) is -4.26. The number of imide groups is 1. The van der Waals surface area contributed by atoms with Gasteiger partial charge in [0.05, 0.1) is 59.5 Å². The van der Waals surface area contributed by atoms with Crippen LogP contribution in [0, 0.1) is 18.3 Å². The van der Waals surface area contributed by atoms with Gasteiger partial charge in [0.25, 0.3) is 5.91 Å². The van der Waals surface area contributed by atoms with E-state index in [1.807, 2.05) is 38.1 Å². The van der Waals surface area contributed by atoms with Crippen LogP contribution in [-0.2, 0) is 57.3 Å². The highest BCUT2D eigenvalue weighted by molar-refractivity contribution is 6.76. The summed E-state index contributed by atoms with van der Waals surface area (Å²) >= 11 is 0. The van der Waals surface area contributed by atoms with Crippen LogP contribution in [0.25, 0.3) is 0 Å². The smallest absolute Gasteiger partial charge is 0.413 e. The number of fused-ring (bicyclic) bond motifs is 1. The lowest BCUT2D eigenvalue weighted by Gasteiger charge is -2.53. The maximum Gasteiger partial charge on any atom is 0.413 e. The number of rotatable bonds is 28. The summed E-state index contributed by atoms with van der Waals surface area (Å²) in [6.45, 7) is 33.6. The molecule has 2 aliphatic rings. The Balaban J connectivity index is 1.55. The van der Waals surface area contributed by atoms with E-state index in [4.69, 9.17) is 61.3 Å². The lowest BCUT2D eigenvalue weighted by molar-refractivity contribution is -0.216. The number of hydrogen-bond donors (Lipinski definition) is 1. The van der Waals surface area contributed by atoms with Crippen molar-refractivity contribution in [1.82, 2.24) is 5.32 Å². The first-order chi connectivity index (χ1) is 37.4. The van der Waals surface area contributed by atoms with Crippen molar-refractivity contribution in [1.29, 1.82) is 0 Å². The topological polar surface area (TPSA) is 183 Å². The Hall–Kier alpha value is -4.68. The summed E-state index contributed by atoms with van der Waals surface area (Å²) in [5.74, 6) is 1.55. The highest BCUT2D eigenvalue weighted by Crippen LogP contribution is 2.48. The van der Waals surface area contributed by atoms with Crippen molar-refractivity contribution in [3.05, 3.63) is 70.3 Å². The van der Waals surface area contributed by atoms with Gasteiger partial charge in [-0.15, -0.1) is 0 Å². The Kier molecular flexibility index (Phi) is 23.2. The average molecular weight is 1170 g/mol. The van der Waals surface area contributed by atoms with Gasteiger partial charge in [-0.1, -0.05) is 80.8 Å². The van der Waals surface area contributed by atoms with Crippen LogP contribution in [0.3, 0.4) is 0 Å². The zero-order chi connectivity index (χ0) is 59.5. The van der Waals surface area contributed by atoms with E-state index in [9.17, 15) is 14.4 Å². The highest BCUT2D eigenvalue weighted by atomic mass is 28.4. The van der Waals surface area contributed by atoms with Crippen LogP contribution in [0.1, 0.15) is 87.0 Å². The van der Waals surface area contributed by atoms with Crippen LogP contribution in [0.4, 0.5) is 4.79 Å². The number of methoxy groups -OCH3 is 5. The van der Waals surface area contributed by atoms with Crippen LogP contribution in [0.15, 0.2) is 42.5 Å². The molecule has 1 fully saturated rings. The Morgan fingerprint density at radius 2 is 1.32 bits per heavy atom. The molecule has 2 amide bonds. The quantitative estimate of drug-likeness (QED) is 0.0313. The standard InChI is InChI=1S/C60H95NO16Si3/c1-38-44-31-47(76-57(63)54(44)50(73-36-41-22-24-43(66-9)30-49(41)68-11)32-45(38)72-35-40-21-23-42(65-8)29-48(40)67-10)39(2)46(74-37-70-25-27-78(13,14)15)33-52-60(6,7)53(77-80(19,20)59(3,4)5)34-51(75-52)55(69-12)56(62)61-58(64)71-26-28-79(16,17)18/h21-24,29-30,32,39,46-47,51-53,55H,25-28,31,33-37H2,1-20H3,(H,61,62,64)/t39-,46+,47-,51+,52-,53-,55+/m1/s1. The van der Waals surface area contributed by atoms with E-state index in [2.05, 4.69) is 92.3 Å². The maximum absolute atomic E-state index is 14.8. The molecular weight excluding hydrogens is 1070 g/mol. The van der Waals surface area contributed by atoms with E-state index in [0.717, 1.165) is 28.8 Å². The molecule has 0 spiro atoms. The SMILES string of the molecule is COc1ccc(COc2cc(OCc3ccc(OC)cc3OC)c3c(c2C)C[C@H]([C@H](C)[C@H](C[C@H]2O[C@H]([C@H](OC)C(=O)NC(=O)OCC[Si](C)(C)C)C[C@@H](O[Si](C)(C)C(C)(C)C)C2(C)C)OCOCC[Si](C)(C)C)OC3=O)c(OC)c1. The summed E-state index contributed by atoms with van der Waals surface area (Å²) in [4.78, 5) is 41.9. The van der Waals surface area contributed by atoms with Gasteiger partial charge in [-0.25, -0.2) is 9.59 Å². The minimum Gasteiger partial charge on any atom is -0.497 e. The summed E-state index contributed by atoms with van der Waals surface area (Å²) in [5, 5.41) is 2.28. The van der Waals surface area contributed by atoms with Gasteiger partial charge in [0.2, 0.25) is 0 Å². The molecule has 20 heteroatoms. The third kappa shape index (κ3) is 17.7. The average Bonchev–Trinajstić information content (AvgIpc) is 3.37. The number of esters is 1. The lowest BCUT2D eigenvalue weighted by Crippen LogP contribution is -2.60. The molecule has 3 aromatic carbocycles. The molecule has 0 bridgehead atoms. The lowest BCUT2D eigenvalue weighted by atomic mass is 9.72. The van der Waals surface area contributed by atoms with Gasteiger partial charge in [-0.05, 0) is 72.5 Å². The fourth-order valence-corrected chi connectivity index (χ4v) is 12.4. The molecule has 2 heterocycles. The van der Waals surface area contributed by atoms with Crippen LogP contribution >= 0.6 is 0 Å². The van der Waals surface area contributed by atoms with Crippen molar-refractivity contribution >= 4 is 42.4 Å². The molecule has 0 radical (unpaired) electrons. The van der Waals surface area contributed by atoms with Crippen molar-refractivity contribution in [2.75, 3.05) is 55.6 Å². The Bertz CT molecular complexity index is 2550. The number of amides is 2. The van der Waals surface area contributed by atoms with Gasteiger partial charge in [0, 0.05) is 89.8 Å². The summed E-state index contributed by atoms with van der Waals surface area (Å²) in [6, 6.07) is 14.4. The summed E-state index contributed by atoms with van der Waals surface area (Å²) in [5.41, 5.74) is 2.63. The number of carbonyl (C=O) groups is 3. The number of alkyl carbamates (subject to hydrolysis) is 1. The second kappa shape index (κ2) is 28.1. The first kappa shape index (κ1) is 66.1. The second-order valence-corrected chi connectivity index (χ2v) is 41.7. The third-order valence-corrected chi connectivity index (χ3v) is 24.0. The molecular formula is C60H95NO16Si3. The molecule has 0 unspecified atom stereocenters. The zero-order valence-electron chi connectivity index (χ0n) is 51.7. The molecule has 1 saturated heterocycles. The van der Waals surface area contributed by atoms with E-state index in [1.54, 1.807) is 46.6 Å². The molecule has 1 N–H and O–H groups in total. The minimum atomic E-state index is -2.44. The number of cyclic esters (lactones) is 1. The van der Waals surface area contributed by atoms with Crippen LogP contribution in [-0.4, -0.2) is 135 Å². The van der Waals surface area contributed by atoms with E-state index < -0.39 is 90.4 Å². The predicted molar refractivity (Wildman–Crippen MR) is 317 cm³/mol. The largest absolute Gasteiger partial charge is 0.497 e. The normalized spacial score (nSPS) is 19.6. The molecule has 0 aliphatic carbocycles. The first-order valence-electron chi connectivity index (χ1n) is 27.9. The fourth-order valence-electron chi connectivity index (χ4n) is 9.51. The van der Waals surface area contributed by atoms with Gasteiger partial charge in [0.15, 0.2) is 14.4 Å². The van der Waals surface area contributed by atoms with Gasteiger partial charge in [-0.3, -0.25) is 10.1 Å². The molecule has 5 rings (SSSR count). The van der Waals surface area contributed by atoms with Gasteiger partial charge >= 0.3 is 12.1 Å². The number of hydrogen-bond acceptors (Lipinski definition) is 16. The third-order valence-electron chi connectivity index (χ3n) is 16.1. The number of carbonyl (C=O) groups excluding carboxylic acids is 3. The van der Waals surface area contributed by atoms with Crippen LogP contribution in [0.2, 0.25) is 69.5 Å². The molecule has 7 atom stereocenters. The van der Waals surface area contributed by atoms with Crippen molar-refractivity contribution in [2.24, 2.45) is 11.3 Å². The van der Waals surface area contributed by atoms with Crippen molar-refractivity contribution in [3.63, 3.8) is 0 Å². The molecule has 2 aliphatic heterocycles. The van der Waals surface area contributed by atoms with Gasteiger partial charge < -0.3 is 61.3 Å². The van der Waals surface area contributed by atoms with Crippen molar-refractivity contribution in [3.8, 4) is 34.5 Å². The summed E-state index contributed by atoms with van der Waals surface area (Å²) in [7, 11) is 2.40. The maximum atomic E-state index is 14.8. The van der Waals surface area contributed by atoms with Crippen LogP contribution < -0.4 is 33.7 Å². The van der Waals surface area contributed by atoms with E-state index >= 15 is 0 Å². The molecule has 448 valence electrons. The first-order valence-corrected chi connectivity index (χ1v) is 38.3. The number of benzene rings is 3. The Labute approximate surface area is 480 Å². The van der Waals surface area contributed by atoms with Crippen LogP contribution in [0.5, 0.6) is 34.5 Å². The fraction of sp³-hybridized carbons (Fsp3) is 0.650. The minimum absolute atomic E-state index is 0.0151. The molecule has 0 saturated carbocycles.